The van der Waals surface area contributed by atoms with Crippen molar-refractivity contribution in [3.05, 3.63) is 27.3 Å². The average molecular weight is 348 g/mol. The molecule has 0 heterocycles. The zero-order valence-electron chi connectivity index (χ0n) is 10.5. The SMILES string of the molecule is COCC(CCCN)Nc1ccc(C)c(I)c1. The van der Waals surface area contributed by atoms with Crippen molar-refractivity contribution >= 4 is 28.3 Å². The number of nitrogens with one attached hydrogen (secondary N) is 1. The monoisotopic (exact) mass is 348 g/mol. The Hall–Kier alpha value is -0.330. The van der Waals surface area contributed by atoms with Crippen molar-refractivity contribution in [1.82, 2.24) is 0 Å². The quantitative estimate of drug-likeness (QED) is 0.745. The van der Waals surface area contributed by atoms with Crippen molar-refractivity contribution in [2.24, 2.45) is 5.73 Å². The minimum Gasteiger partial charge on any atom is -0.383 e. The fourth-order valence-corrected chi connectivity index (χ4v) is 2.20. The van der Waals surface area contributed by atoms with Gasteiger partial charge in [-0.05, 0) is 66.6 Å². The smallest absolute Gasteiger partial charge is 0.0664 e. The molecular formula is C13H21IN2O. The number of rotatable bonds is 7. The Morgan fingerprint density at radius 2 is 2.24 bits per heavy atom. The first-order valence-electron chi connectivity index (χ1n) is 5.89. The van der Waals surface area contributed by atoms with Crippen LogP contribution in [0, 0.1) is 10.5 Å². The lowest BCUT2D eigenvalue weighted by molar-refractivity contribution is 0.182. The molecule has 0 saturated carbocycles. The molecule has 0 radical (unpaired) electrons. The van der Waals surface area contributed by atoms with Gasteiger partial charge in [0, 0.05) is 22.4 Å². The summed E-state index contributed by atoms with van der Waals surface area (Å²) in [4.78, 5) is 0. The fraction of sp³-hybridized carbons (Fsp3) is 0.538. The molecule has 3 N–H and O–H groups in total. The van der Waals surface area contributed by atoms with Crippen molar-refractivity contribution in [2.75, 3.05) is 25.6 Å². The minimum atomic E-state index is 0.335. The normalized spacial score (nSPS) is 12.5. The number of nitrogens with two attached hydrogens (primary N) is 1. The van der Waals surface area contributed by atoms with Gasteiger partial charge < -0.3 is 15.8 Å². The number of benzene rings is 1. The summed E-state index contributed by atoms with van der Waals surface area (Å²) >= 11 is 2.36. The lowest BCUT2D eigenvalue weighted by Gasteiger charge is -2.19. The molecule has 4 heteroatoms. The van der Waals surface area contributed by atoms with Crippen LogP contribution >= 0.6 is 22.6 Å². The van der Waals surface area contributed by atoms with Crippen LogP contribution in [0.2, 0.25) is 0 Å². The van der Waals surface area contributed by atoms with Gasteiger partial charge in [-0.2, -0.15) is 0 Å². The number of aryl methyl sites for hydroxylation is 1. The van der Waals surface area contributed by atoms with Gasteiger partial charge in [-0.1, -0.05) is 6.07 Å². The molecule has 0 aromatic heterocycles. The van der Waals surface area contributed by atoms with E-state index in [0.717, 1.165) is 25.1 Å². The van der Waals surface area contributed by atoms with Gasteiger partial charge in [-0.25, -0.2) is 0 Å². The molecular weight excluding hydrogens is 327 g/mol. The Bertz CT molecular complexity index is 344. The van der Waals surface area contributed by atoms with Crippen molar-refractivity contribution in [3.63, 3.8) is 0 Å². The molecule has 0 saturated heterocycles. The van der Waals surface area contributed by atoms with Crippen LogP contribution in [0.5, 0.6) is 0 Å². The Balaban J connectivity index is 2.61. The zero-order chi connectivity index (χ0) is 12.7. The minimum absolute atomic E-state index is 0.335. The standard InChI is InChI=1S/C13H21IN2O/c1-10-5-6-11(8-13(10)14)16-12(9-17-2)4-3-7-15/h5-6,8,12,16H,3-4,7,9,15H2,1-2H3. The van der Waals surface area contributed by atoms with Gasteiger partial charge in [0.2, 0.25) is 0 Å². The molecule has 17 heavy (non-hydrogen) atoms. The predicted octanol–water partition coefficient (Wildman–Crippen LogP) is 2.77. The number of hydrogen-bond acceptors (Lipinski definition) is 3. The van der Waals surface area contributed by atoms with E-state index in [0.29, 0.717) is 12.6 Å². The van der Waals surface area contributed by atoms with E-state index in [2.05, 4.69) is 53.0 Å². The molecule has 1 atom stereocenters. The molecule has 0 amide bonds. The Morgan fingerprint density at radius 1 is 1.47 bits per heavy atom. The third-order valence-electron chi connectivity index (χ3n) is 2.67. The lowest BCUT2D eigenvalue weighted by atomic mass is 10.1. The van der Waals surface area contributed by atoms with E-state index < -0.39 is 0 Å². The van der Waals surface area contributed by atoms with Crippen LogP contribution in [0.25, 0.3) is 0 Å². The summed E-state index contributed by atoms with van der Waals surface area (Å²) in [6, 6.07) is 6.75. The number of ether oxygens (including phenoxy) is 1. The highest BCUT2D eigenvalue weighted by Gasteiger charge is 2.08. The van der Waals surface area contributed by atoms with Gasteiger partial charge in [0.25, 0.3) is 0 Å². The summed E-state index contributed by atoms with van der Waals surface area (Å²) in [5.74, 6) is 0. The van der Waals surface area contributed by atoms with E-state index in [-0.39, 0.29) is 0 Å². The fourth-order valence-electron chi connectivity index (χ4n) is 1.68. The maximum Gasteiger partial charge on any atom is 0.0664 e. The van der Waals surface area contributed by atoms with Gasteiger partial charge >= 0.3 is 0 Å². The van der Waals surface area contributed by atoms with Crippen molar-refractivity contribution in [1.29, 1.82) is 0 Å². The van der Waals surface area contributed by atoms with Crippen LogP contribution in [0.1, 0.15) is 18.4 Å². The summed E-state index contributed by atoms with van der Waals surface area (Å²) in [5, 5.41) is 3.50. The van der Waals surface area contributed by atoms with Gasteiger partial charge in [0.1, 0.15) is 0 Å². The van der Waals surface area contributed by atoms with Crippen LogP contribution in [0.3, 0.4) is 0 Å². The van der Waals surface area contributed by atoms with Crippen LogP contribution in [0.4, 0.5) is 5.69 Å². The molecule has 0 aliphatic heterocycles. The first-order valence-corrected chi connectivity index (χ1v) is 6.97. The van der Waals surface area contributed by atoms with Crippen LogP contribution in [-0.2, 0) is 4.74 Å². The Labute approximate surface area is 117 Å². The highest BCUT2D eigenvalue weighted by molar-refractivity contribution is 14.1. The van der Waals surface area contributed by atoms with Gasteiger partial charge in [-0.3, -0.25) is 0 Å². The Kier molecular flexibility index (Phi) is 6.84. The summed E-state index contributed by atoms with van der Waals surface area (Å²) in [7, 11) is 1.73. The number of methoxy groups -OCH3 is 1. The van der Waals surface area contributed by atoms with Crippen molar-refractivity contribution < 1.29 is 4.74 Å². The van der Waals surface area contributed by atoms with Crippen molar-refractivity contribution in [2.45, 2.75) is 25.8 Å². The number of hydrogen-bond donors (Lipinski definition) is 2. The van der Waals surface area contributed by atoms with E-state index in [1.54, 1.807) is 7.11 Å². The van der Waals surface area contributed by atoms with E-state index in [9.17, 15) is 0 Å². The maximum absolute atomic E-state index is 5.54. The zero-order valence-corrected chi connectivity index (χ0v) is 12.7. The topological polar surface area (TPSA) is 47.3 Å². The molecule has 3 nitrogen and oxygen atoms in total. The number of halogens is 1. The van der Waals surface area contributed by atoms with E-state index in [1.165, 1.54) is 9.13 Å². The first-order chi connectivity index (χ1) is 8.17. The summed E-state index contributed by atoms with van der Waals surface area (Å²) in [6.07, 6.45) is 2.05. The van der Waals surface area contributed by atoms with Gasteiger partial charge in [-0.15, -0.1) is 0 Å². The molecule has 0 aliphatic rings. The van der Waals surface area contributed by atoms with Gasteiger partial charge in [0.05, 0.1) is 6.61 Å². The summed E-state index contributed by atoms with van der Waals surface area (Å²) < 4.78 is 6.50. The van der Waals surface area contributed by atoms with E-state index in [1.807, 2.05) is 0 Å². The van der Waals surface area contributed by atoms with Crippen LogP contribution in [-0.4, -0.2) is 26.3 Å². The van der Waals surface area contributed by atoms with Crippen LogP contribution < -0.4 is 11.1 Å². The molecule has 1 unspecified atom stereocenters. The predicted molar refractivity (Wildman–Crippen MR) is 81.5 cm³/mol. The Morgan fingerprint density at radius 3 is 2.82 bits per heavy atom. The highest BCUT2D eigenvalue weighted by Crippen LogP contribution is 2.18. The van der Waals surface area contributed by atoms with E-state index >= 15 is 0 Å². The second kappa shape index (κ2) is 7.89. The van der Waals surface area contributed by atoms with Crippen molar-refractivity contribution in [3.8, 4) is 0 Å². The molecule has 1 rings (SSSR count). The lowest BCUT2D eigenvalue weighted by Crippen LogP contribution is -2.25. The van der Waals surface area contributed by atoms with Gasteiger partial charge in [0.15, 0.2) is 0 Å². The molecule has 0 spiro atoms. The maximum atomic E-state index is 5.54. The molecule has 1 aromatic rings. The highest BCUT2D eigenvalue weighted by atomic mass is 127. The molecule has 0 fully saturated rings. The molecule has 96 valence electrons. The van der Waals surface area contributed by atoms with E-state index in [4.69, 9.17) is 10.5 Å². The summed E-state index contributed by atoms with van der Waals surface area (Å²) in [6.45, 7) is 3.56. The number of anilines is 1. The largest absolute Gasteiger partial charge is 0.383 e. The molecule has 1 aromatic carbocycles. The van der Waals surface area contributed by atoms with Crippen LogP contribution in [0.15, 0.2) is 18.2 Å². The molecule has 0 aliphatic carbocycles. The second-order valence-corrected chi connectivity index (χ2v) is 5.35. The first kappa shape index (κ1) is 14.7. The third-order valence-corrected chi connectivity index (χ3v) is 3.83. The second-order valence-electron chi connectivity index (χ2n) is 4.19. The average Bonchev–Trinajstić information content (AvgIpc) is 2.31. The third kappa shape index (κ3) is 5.23. The molecule has 0 bridgehead atoms. The summed E-state index contributed by atoms with van der Waals surface area (Å²) in [5.41, 5.74) is 8.00.